The molecule has 1 aromatic heterocycles. The first-order valence-electron chi connectivity index (χ1n) is 20.4. The lowest BCUT2D eigenvalue weighted by atomic mass is 9.90. The summed E-state index contributed by atoms with van der Waals surface area (Å²) in [5.41, 5.74) is 0.341. The minimum absolute atomic E-state index is 0.0163. The molecule has 22 heteroatoms. The van der Waals surface area contributed by atoms with Crippen LogP contribution < -0.4 is 10.0 Å². The molecule has 0 bridgehead atoms. The lowest BCUT2D eigenvalue weighted by molar-refractivity contribution is -0.145. The Hall–Kier alpha value is -4.96. The molecule has 2 N–H and O–H groups in total. The summed E-state index contributed by atoms with van der Waals surface area (Å²) in [5, 5.41) is 10.4. The molecule has 3 heterocycles. The molecule has 0 spiro atoms. The number of hydrogen-bond donors (Lipinski definition) is 2. The summed E-state index contributed by atoms with van der Waals surface area (Å²) in [7, 11) is 7.96. The molecular formula is C39H65N11O10S. The van der Waals surface area contributed by atoms with Crippen LogP contribution in [0.25, 0.3) is 0 Å². The number of amides is 6. The van der Waals surface area contributed by atoms with E-state index in [2.05, 4.69) is 20.6 Å². The molecule has 1 fully saturated rings. The molecule has 61 heavy (non-hydrogen) atoms. The van der Waals surface area contributed by atoms with Gasteiger partial charge in [-0.3, -0.25) is 43.1 Å². The quantitative estimate of drug-likeness (QED) is 0.0845. The van der Waals surface area contributed by atoms with Crippen LogP contribution in [0.4, 0.5) is 0 Å². The van der Waals surface area contributed by atoms with Crippen molar-refractivity contribution >= 4 is 51.4 Å². The number of ether oxygens (including phenoxy) is 2. The number of likely N-dealkylation sites (tertiary alicyclic amines) is 1. The van der Waals surface area contributed by atoms with E-state index in [4.69, 9.17) is 9.47 Å². The highest BCUT2D eigenvalue weighted by molar-refractivity contribution is 7.90. The predicted molar refractivity (Wildman–Crippen MR) is 225 cm³/mol. The van der Waals surface area contributed by atoms with Gasteiger partial charge in [-0.25, -0.2) is 13.4 Å². The molecular weight excluding hydrogens is 815 g/mol. The van der Waals surface area contributed by atoms with Crippen LogP contribution in [0.2, 0.25) is 0 Å². The zero-order chi connectivity index (χ0) is 45.8. The fourth-order valence-corrected chi connectivity index (χ4v) is 8.74. The molecule has 0 aliphatic carbocycles. The van der Waals surface area contributed by atoms with Crippen molar-refractivity contribution in [2.45, 2.75) is 103 Å². The van der Waals surface area contributed by atoms with E-state index in [9.17, 15) is 37.2 Å². The number of hydrogen-bond acceptors (Lipinski definition) is 13. The molecule has 0 aromatic carbocycles. The predicted octanol–water partition coefficient (Wildman–Crippen LogP) is -0.557. The van der Waals surface area contributed by atoms with Gasteiger partial charge in [-0.1, -0.05) is 32.4 Å². The van der Waals surface area contributed by atoms with Crippen LogP contribution in [0.5, 0.6) is 0 Å². The van der Waals surface area contributed by atoms with E-state index in [0.717, 1.165) is 23.5 Å². The minimum Gasteiger partial charge on any atom is -0.379 e. The lowest BCUT2D eigenvalue weighted by Crippen LogP contribution is -2.54. The average molecular weight is 880 g/mol. The molecule has 342 valence electrons. The Morgan fingerprint density at radius 2 is 1.62 bits per heavy atom. The largest absolute Gasteiger partial charge is 0.379 e. The van der Waals surface area contributed by atoms with Gasteiger partial charge in [0.2, 0.25) is 27.7 Å². The number of carbonyl (C=O) groups excluding carboxylic acids is 6. The summed E-state index contributed by atoms with van der Waals surface area (Å²) in [5.74, 6) is -3.52. The number of nitrogens with one attached hydrogen (secondary N) is 2. The van der Waals surface area contributed by atoms with Gasteiger partial charge in [-0.05, 0) is 32.1 Å². The summed E-state index contributed by atoms with van der Waals surface area (Å²) in [6.07, 6.45) is 4.40. The molecule has 0 unspecified atom stereocenters. The van der Waals surface area contributed by atoms with E-state index in [-0.39, 0.29) is 50.2 Å². The highest BCUT2D eigenvalue weighted by atomic mass is 32.2. The zero-order valence-electron chi connectivity index (χ0n) is 37.4. The fourth-order valence-electron chi connectivity index (χ4n) is 7.65. The van der Waals surface area contributed by atoms with Gasteiger partial charge in [0.25, 0.3) is 17.7 Å². The molecule has 2 aliphatic heterocycles. The van der Waals surface area contributed by atoms with Gasteiger partial charge < -0.3 is 34.4 Å². The van der Waals surface area contributed by atoms with Gasteiger partial charge in [0.1, 0.15) is 18.3 Å². The monoisotopic (exact) mass is 879 g/mol. The number of carbonyl (C=O) groups is 6. The third-order valence-corrected chi connectivity index (χ3v) is 12.4. The summed E-state index contributed by atoms with van der Waals surface area (Å²) < 4.78 is 40.7. The molecule has 6 amide bonds. The van der Waals surface area contributed by atoms with Crippen molar-refractivity contribution in [2.24, 2.45) is 16.8 Å². The molecule has 1 aromatic rings. The van der Waals surface area contributed by atoms with Gasteiger partial charge in [-0.15, -0.1) is 5.10 Å². The van der Waals surface area contributed by atoms with Crippen molar-refractivity contribution in [3.05, 3.63) is 24.0 Å². The second kappa shape index (κ2) is 22.8. The number of rotatable bonds is 22. The average Bonchev–Trinajstić information content (AvgIpc) is 3.95. The summed E-state index contributed by atoms with van der Waals surface area (Å²) >= 11 is 0. The van der Waals surface area contributed by atoms with E-state index in [1.165, 1.54) is 32.0 Å². The maximum Gasteiger partial charge on any atom is 0.255 e. The van der Waals surface area contributed by atoms with Gasteiger partial charge >= 0.3 is 0 Å². The molecule has 3 rings (SSSR count). The number of nitrogens with zero attached hydrogens (tertiary/aromatic N) is 9. The van der Waals surface area contributed by atoms with Gasteiger partial charge in [0.15, 0.2) is 5.96 Å². The minimum atomic E-state index is -4.11. The van der Waals surface area contributed by atoms with Crippen LogP contribution in [0, 0.1) is 11.8 Å². The van der Waals surface area contributed by atoms with Crippen LogP contribution in [-0.2, 0) is 61.4 Å². The Bertz CT molecular complexity index is 1860. The van der Waals surface area contributed by atoms with E-state index in [1.54, 1.807) is 23.8 Å². The van der Waals surface area contributed by atoms with Crippen molar-refractivity contribution in [3.63, 3.8) is 0 Å². The van der Waals surface area contributed by atoms with Gasteiger partial charge in [0, 0.05) is 74.7 Å². The Morgan fingerprint density at radius 1 is 0.984 bits per heavy atom. The number of likely N-dealkylation sites (N-methyl/N-ethyl adjacent to an activating group) is 1. The van der Waals surface area contributed by atoms with Crippen LogP contribution >= 0.6 is 0 Å². The second-order valence-corrected chi connectivity index (χ2v) is 17.8. The zero-order valence-corrected chi connectivity index (χ0v) is 38.2. The number of sulfonamides is 1. The van der Waals surface area contributed by atoms with E-state index in [0.29, 0.717) is 31.0 Å². The molecule has 21 nitrogen and oxygen atoms in total. The van der Waals surface area contributed by atoms with Gasteiger partial charge in [0.05, 0.1) is 55.1 Å². The second-order valence-electron chi connectivity index (χ2n) is 16.0. The van der Waals surface area contributed by atoms with Gasteiger partial charge in [-0.2, -0.15) is 0 Å². The molecule has 2 aliphatic rings. The van der Waals surface area contributed by atoms with Crippen LogP contribution in [0.3, 0.4) is 0 Å². The number of aliphatic imine (C=N–C) groups is 1. The molecule has 0 saturated carbocycles. The fraction of sp³-hybridized carbons (Fsp3) is 0.718. The Kier molecular flexibility index (Phi) is 18.8. The maximum absolute atomic E-state index is 14.1. The smallest absolute Gasteiger partial charge is 0.255 e. The first-order valence-corrected chi connectivity index (χ1v) is 22.1. The van der Waals surface area contributed by atoms with Crippen LogP contribution in [-0.4, -0.2) is 188 Å². The topological polar surface area (TPSA) is 238 Å². The Morgan fingerprint density at radius 3 is 2.20 bits per heavy atom. The normalized spacial score (nSPS) is 18.2. The van der Waals surface area contributed by atoms with Crippen molar-refractivity contribution in [1.29, 1.82) is 0 Å². The van der Waals surface area contributed by atoms with Crippen molar-refractivity contribution in [2.75, 3.05) is 68.3 Å². The van der Waals surface area contributed by atoms with Crippen LogP contribution in [0.15, 0.2) is 23.3 Å². The number of aryl methyl sites for hydroxylation is 1. The molecule has 0 radical (unpaired) electrons. The summed E-state index contributed by atoms with van der Waals surface area (Å²) in [6, 6.07) is -2.14. The SMILES string of the molecule is CC[C@H](C)[C@@H]([C@@H](CC(=O)N1CCC[C@H]1[C@H](OC)[C@@H](C)C(=O)N[C@@H](C)C(=O)NS(=O)(=O)CCCn1cc(CN2C(=O)C=CC2=O)nn1)OC)N(C)C(=O)CN=C(N(C)C)N(C)C. The van der Waals surface area contributed by atoms with E-state index < -0.39 is 75.7 Å². The highest BCUT2D eigenvalue weighted by Crippen LogP contribution is 2.29. The molecule has 1 saturated heterocycles. The van der Waals surface area contributed by atoms with Crippen molar-refractivity contribution < 1.29 is 46.7 Å². The standard InChI is InChI=1S/C39H65N11O10S/c1-12-25(2)35(47(9)34(54)22-40-39(45(5)6)46(7)8)30(59-10)21-33(53)49-19-13-15-29(49)36(60-11)26(3)37(55)41-27(4)38(56)43-61(57,58)20-14-18-48-23-28(42-44-48)24-50-31(51)16-17-32(50)52/h16-17,23,25-27,29-30,35-36H,12-15,18-22,24H2,1-11H3,(H,41,55)(H,43,56)/t25-,26+,27-,29-,30+,35-,36+/m0/s1. The lowest BCUT2D eigenvalue weighted by Gasteiger charge is -2.39. The number of imide groups is 1. The number of guanidine groups is 1. The Balaban J connectivity index is 1.58. The van der Waals surface area contributed by atoms with E-state index in [1.807, 2.05) is 56.6 Å². The van der Waals surface area contributed by atoms with Crippen molar-refractivity contribution in [1.82, 2.24) is 49.5 Å². The Labute approximate surface area is 359 Å². The third-order valence-electron chi connectivity index (χ3n) is 11.1. The van der Waals surface area contributed by atoms with Crippen LogP contribution in [0.1, 0.15) is 65.5 Å². The molecule has 7 atom stereocenters. The summed E-state index contributed by atoms with van der Waals surface area (Å²) in [4.78, 5) is 90.1. The van der Waals surface area contributed by atoms with Crippen molar-refractivity contribution in [3.8, 4) is 0 Å². The first-order chi connectivity index (χ1) is 28.7. The third kappa shape index (κ3) is 13.8. The number of aromatic nitrogens is 3. The van der Waals surface area contributed by atoms with E-state index >= 15 is 0 Å². The highest BCUT2D eigenvalue weighted by Gasteiger charge is 2.42. The summed E-state index contributed by atoms with van der Waals surface area (Å²) in [6.45, 7) is 7.40. The number of methoxy groups -OCH3 is 2. The first kappa shape index (κ1) is 50.4. The maximum atomic E-state index is 14.1.